The first-order chi connectivity index (χ1) is 6.79. The summed E-state index contributed by atoms with van der Waals surface area (Å²) in [7, 11) is 0. The Morgan fingerprint density at radius 3 is 2.86 bits per heavy atom. The van der Waals surface area contributed by atoms with Crippen LogP contribution in [0.25, 0.3) is 0 Å². The maximum Gasteiger partial charge on any atom is 0.149 e. The van der Waals surface area contributed by atoms with Crippen LogP contribution in [0.5, 0.6) is 0 Å². The molecule has 2 N–H and O–H groups in total. The molecule has 0 fully saturated rings. The summed E-state index contributed by atoms with van der Waals surface area (Å²) in [4.78, 5) is 0. The SMILES string of the molecule is CCCCC(N)c1nncn1CCC. The minimum absolute atomic E-state index is 0.0454. The number of nitrogens with two attached hydrogens (primary N) is 1. The van der Waals surface area contributed by atoms with Gasteiger partial charge < -0.3 is 10.3 Å². The molecule has 0 aliphatic rings. The standard InChI is InChI=1S/C10H20N4/c1-3-5-6-9(11)10-13-12-8-14(10)7-4-2/h8-9H,3-7,11H2,1-2H3. The molecule has 0 aliphatic heterocycles. The van der Waals surface area contributed by atoms with Crippen LogP contribution in [-0.4, -0.2) is 14.8 Å². The smallest absolute Gasteiger partial charge is 0.149 e. The van der Waals surface area contributed by atoms with Crippen molar-refractivity contribution in [1.82, 2.24) is 14.8 Å². The van der Waals surface area contributed by atoms with Crippen molar-refractivity contribution >= 4 is 0 Å². The minimum atomic E-state index is 0.0454. The highest BCUT2D eigenvalue weighted by Gasteiger charge is 2.12. The Labute approximate surface area is 85.5 Å². The van der Waals surface area contributed by atoms with Gasteiger partial charge in [0.25, 0.3) is 0 Å². The van der Waals surface area contributed by atoms with E-state index in [0.29, 0.717) is 0 Å². The van der Waals surface area contributed by atoms with Gasteiger partial charge in [-0.25, -0.2) is 0 Å². The van der Waals surface area contributed by atoms with Gasteiger partial charge in [0.2, 0.25) is 0 Å². The van der Waals surface area contributed by atoms with Gasteiger partial charge in [0.15, 0.2) is 0 Å². The number of aromatic nitrogens is 3. The molecule has 0 aromatic carbocycles. The molecule has 4 heteroatoms. The van der Waals surface area contributed by atoms with Gasteiger partial charge in [0.1, 0.15) is 12.2 Å². The molecule has 0 saturated heterocycles. The third kappa shape index (κ3) is 2.80. The lowest BCUT2D eigenvalue weighted by molar-refractivity contribution is 0.530. The average molecular weight is 196 g/mol. The summed E-state index contributed by atoms with van der Waals surface area (Å²) in [6, 6.07) is 0.0454. The molecule has 0 bridgehead atoms. The zero-order valence-electron chi connectivity index (χ0n) is 9.11. The third-order valence-electron chi connectivity index (χ3n) is 2.31. The van der Waals surface area contributed by atoms with Gasteiger partial charge in [-0.05, 0) is 12.8 Å². The quantitative estimate of drug-likeness (QED) is 0.755. The van der Waals surface area contributed by atoms with Crippen LogP contribution in [0.15, 0.2) is 6.33 Å². The first-order valence-corrected chi connectivity index (χ1v) is 5.42. The Balaban J connectivity index is 2.58. The van der Waals surface area contributed by atoms with Crippen molar-refractivity contribution in [3.8, 4) is 0 Å². The fourth-order valence-electron chi connectivity index (χ4n) is 1.52. The molecule has 0 radical (unpaired) electrons. The number of rotatable bonds is 6. The van der Waals surface area contributed by atoms with Crippen LogP contribution >= 0.6 is 0 Å². The molecule has 1 unspecified atom stereocenters. The molecule has 0 aliphatic carbocycles. The molecule has 1 heterocycles. The number of aryl methyl sites for hydroxylation is 1. The van der Waals surface area contributed by atoms with Crippen molar-refractivity contribution in [1.29, 1.82) is 0 Å². The summed E-state index contributed by atoms with van der Waals surface area (Å²) in [6.07, 6.45) is 6.19. The van der Waals surface area contributed by atoms with Crippen molar-refractivity contribution in [3.05, 3.63) is 12.2 Å². The van der Waals surface area contributed by atoms with Crippen LogP contribution in [0.2, 0.25) is 0 Å². The van der Waals surface area contributed by atoms with Crippen molar-refractivity contribution in [2.75, 3.05) is 0 Å². The third-order valence-corrected chi connectivity index (χ3v) is 2.31. The lowest BCUT2D eigenvalue weighted by atomic mass is 10.1. The summed E-state index contributed by atoms with van der Waals surface area (Å²) in [6.45, 7) is 5.27. The van der Waals surface area contributed by atoms with E-state index in [-0.39, 0.29) is 6.04 Å². The van der Waals surface area contributed by atoms with E-state index in [1.165, 1.54) is 6.42 Å². The van der Waals surface area contributed by atoms with Gasteiger partial charge in [-0.15, -0.1) is 10.2 Å². The zero-order chi connectivity index (χ0) is 10.4. The number of nitrogens with zero attached hydrogens (tertiary/aromatic N) is 3. The number of hydrogen-bond donors (Lipinski definition) is 1. The lowest BCUT2D eigenvalue weighted by Gasteiger charge is -2.11. The Kier molecular flexibility index (Phi) is 4.59. The molecular formula is C10H20N4. The first-order valence-electron chi connectivity index (χ1n) is 5.42. The normalized spacial score (nSPS) is 13.1. The molecule has 1 aromatic heterocycles. The van der Waals surface area contributed by atoms with E-state index in [1.807, 2.05) is 0 Å². The maximum absolute atomic E-state index is 6.03. The number of unbranched alkanes of at least 4 members (excludes halogenated alkanes) is 1. The summed E-state index contributed by atoms with van der Waals surface area (Å²) >= 11 is 0. The van der Waals surface area contributed by atoms with Crippen LogP contribution < -0.4 is 5.73 Å². The predicted octanol–water partition coefficient (Wildman–Crippen LogP) is 1.88. The van der Waals surface area contributed by atoms with E-state index >= 15 is 0 Å². The van der Waals surface area contributed by atoms with Crippen LogP contribution in [0.1, 0.15) is 51.4 Å². The van der Waals surface area contributed by atoms with Gasteiger partial charge in [-0.1, -0.05) is 26.7 Å². The molecule has 4 nitrogen and oxygen atoms in total. The molecular weight excluding hydrogens is 176 g/mol. The van der Waals surface area contributed by atoms with Gasteiger partial charge in [-0.3, -0.25) is 0 Å². The molecule has 0 amide bonds. The van der Waals surface area contributed by atoms with E-state index in [2.05, 4.69) is 28.6 Å². The van der Waals surface area contributed by atoms with Crippen molar-refractivity contribution in [2.24, 2.45) is 5.73 Å². The lowest BCUT2D eigenvalue weighted by Crippen LogP contribution is -2.16. The summed E-state index contributed by atoms with van der Waals surface area (Å²) in [5.74, 6) is 0.931. The van der Waals surface area contributed by atoms with Crippen molar-refractivity contribution < 1.29 is 0 Å². The first kappa shape index (κ1) is 11.2. The predicted molar refractivity (Wildman–Crippen MR) is 56.8 cm³/mol. The van der Waals surface area contributed by atoms with E-state index in [4.69, 9.17) is 5.73 Å². The highest BCUT2D eigenvalue weighted by Crippen LogP contribution is 2.14. The molecule has 1 atom stereocenters. The highest BCUT2D eigenvalue weighted by molar-refractivity contribution is 4.93. The molecule has 0 spiro atoms. The second-order valence-corrected chi connectivity index (χ2v) is 3.63. The largest absolute Gasteiger partial charge is 0.321 e. The molecule has 1 aromatic rings. The Bertz CT molecular complexity index is 256. The van der Waals surface area contributed by atoms with Crippen LogP contribution in [0.4, 0.5) is 0 Å². The summed E-state index contributed by atoms with van der Waals surface area (Å²) < 4.78 is 2.06. The van der Waals surface area contributed by atoms with Crippen LogP contribution in [-0.2, 0) is 6.54 Å². The van der Waals surface area contributed by atoms with E-state index in [9.17, 15) is 0 Å². The minimum Gasteiger partial charge on any atom is -0.321 e. The molecule has 0 saturated carbocycles. The fourth-order valence-corrected chi connectivity index (χ4v) is 1.52. The highest BCUT2D eigenvalue weighted by atomic mass is 15.3. The van der Waals surface area contributed by atoms with E-state index in [1.54, 1.807) is 6.33 Å². The summed E-state index contributed by atoms with van der Waals surface area (Å²) in [5, 5.41) is 7.98. The van der Waals surface area contributed by atoms with E-state index in [0.717, 1.165) is 31.6 Å². The maximum atomic E-state index is 6.03. The van der Waals surface area contributed by atoms with Crippen LogP contribution in [0.3, 0.4) is 0 Å². The monoisotopic (exact) mass is 196 g/mol. The average Bonchev–Trinajstić information content (AvgIpc) is 2.63. The Morgan fingerprint density at radius 1 is 1.43 bits per heavy atom. The fraction of sp³-hybridized carbons (Fsp3) is 0.800. The van der Waals surface area contributed by atoms with Gasteiger partial charge >= 0.3 is 0 Å². The van der Waals surface area contributed by atoms with Gasteiger partial charge in [0, 0.05) is 6.54 Å². The number of hydrogen-bond acceptors (Lipinski definition) is 3. The summed E-state index contributed by atoms with van der Waals surface area (Å²) in [5.41, 5.74) is 6.03. The van der Waals surface area contributed by atoms with Gasteiger partial charge in [0.05, 0.1) is 6.04 Å². The molecule has 80 valence electrons. The molecule has 1 rings (SSSR count). The second kappa shape index (κ2) is 5.75. The van der Waals surface area contributed by atoms with Gasteiger partial charge in [-0.2, -0.15) is 0 Å². The topological polar surface area (TPSA) is 56.7 Å². The van der Waals surface area contributed by atoms with Crippen molar-refractivity contribution in [3.63, 3.8) is 0 Å². The van der Waals surface area contributed by atoms with Crippen molar-refractivity contribution in [2.45, 2.75) is 52.1 Å². The Morgan fingerprint density at radius 2 is 2.21 bits per heavy atom. The zero-order valence-corrected chi connectivity index (χ0v) is 9.11. The molecule has 14 heavy (non-hydrogen) atoms. The second-order valence-electron chi connectivity index (χ2n) is 3.63. The Hall–Kier alpha value is -0.900. The van der Waals surface area contributed by atoms with Crippen LogP contribution in [0, 0.1) is 0 Å². The van der Waals surface area contributed by atoms with E-state index < -0.39 is 0 Å².